The van der Waals surface area contributed by atoms with Crippen molar-refractivity contribution >= 4 is 0 Å². The number of para-hydroxylation sites is 1. The van der Waals surface area contributed by atoms with Gasteiger partial charge >= 0.3 is 0 Å². The van der Waals surface area contributed by atoms with E-state index < -0.39 is 5.60 Å². The van der Waals surface area contributed by atoms with Crippen LogP contribution in [0.25, 0.3) is 0 Å². The van der Waals surface area contributed by atoms with E-state index in [1.165, 1.54) is 0 Å². The standard InChI is InChI=1S/C15H24O2/c1-5-15(6-2,11-14(3,4)17)12-9-7-8-10-13(12)16/h7-10,16-17H,5-6,11H2,1-4H3. The normalized spacial score (nSPS) is 12.8. The van der Waals surface area contributed by atoms with Crippen molar-refractivity contribution in [1.29, 1.82) is 0 Å². The first-order chi connectivity index (χ1) is 7.84. The van der Waals surface area contributed by atoms with Gasteiger partial charge in [0.2, 0.25) is 0 Å². The second kappa shape index (κ2) is 5.09. The van der Waals surface area contributed by atoms with Crippen molar-refractivity contribution < 1.29 is 10.2 Å². The lowest BCUT2D eigenvalue weighted by molar-refractivity contribution is 0.0405. The highest BCUT2D eigenvalue weighted by Gasteiger charge is 2.35. The number of phenols is 1. The Kier molecular flexibility index (Phi) is 4.21. The Hall–Kier alpha value is -1.02. The molecule has 0 aliphatic carbocycles. The van der Waals surface area contributed by atoms with E-state index in [1.807, 2.05) is 32.0 Å². The lowest BCUT2D eigenvalue weighted by Gasteiger charge is -2.37. The van der Waals surface area contributed by atoms with Gasteiger partial charge in [0.05, 0.1) is 5.60 Å². The summed E-state index contributed by atoms with van der Waals surface area (Å²) in [4.78, 5) is 0. The van der Waals surface area contributed by atoms with Crippen LogP contribution in [0.15, 0.2) is 24.3 Å². The smallest absolute Gasteiger partial charge is 0.119 e. The molecule has 0 radical (unpaired) electrons. The Balaban J connectivity index is 3.20. The molecule has 0 spiro atoms. The zero-order valence-corrected chi connectivity index (χ0v) is 11.3. The Labute approximate surface area is 104 Å². The van der Waals surface area contributed by atoms with Crippen LogP contribution < -0.4 is 0 Å². The van der Waals surface area contributed by atoms with Crippen LogP contribution in [0, 0.1) is 0 Å². The number of phenolic OH excluding ortho intramolecular Hbond substituents is 1. The molecule has 0 aliphatic heterocycles. The van der Waals surface area contributed by atoms with Crippen molar-refractivity contribution in [3.8, 4) is 5.75 Å². The van der Waals surface area contributed by atoms with E-state index in [0.29, 0.717) is 12.2 Å². The third-order valence-corrected chi connectivity index (χ3v) is 3.60. The van der Waals surface area contributed by atoms with Gasteiger partial charge in [-0.15, -0.1) is 0 Å². The van der Waals surface area contributed by atoms with Crippen LogP contribution in [0.5, 0.6) is 5.75 Å². The molecule has 0 aliphatic rings. The van der Waals surface area contributed by atoms with Gasteiger partial charge in [0.15, 0.2) is 0 Å². The van der Waals surface area contributed by atoms with Crippen LogP contribution in [0.2, 0.25) is 0 Å². The first-order valence-electron chi connectivity index (χ1n) is 6.35. The molecule has 2 N–H and O–H groups in total. The predicted molar refractivity (Wildman–Crippen MR) is 71.3 cm³/mol. The molecule has 0 bridgehead atoms. The summed E-state index contributed by atoms with van der Waals surface area (Å²) in [5.74, 6) is 0.334. The predicted octanol–water partition coefficient (Wildman–Crippen LogP) is 3.61. The van der Waals surface area contributed by atoms with E-state index in [-0.39, 0.29) is 5.41 Å². The van der Waals surface area contributed by atoms with Gasteiger partial charge in [0.25, 0.3) is 0 Å². The van der Waals surface area contributed by atoms with Crippen molar-refractivity contribution in [2.75, 3.05) is 0 Å². The number of rotatable bonds is 5. The summed E-state index contributed by atoms with van der Waals surface area (Å²) in [7, 11) is 0. The number of benzene rings is 1. The van der Waals surface area contributed by atoms with Gasteiger partial charge in [0, 0.05) is 11.0 Å². The Morgan fingerprint density at radius 3 is 2.00 bits per heavy atom. The fraction of sp³-hybridized carbons (Fsp3) is 0.600. The molecule has 1 aromatic carbocycles. The van der Waals surface area contributed by atoms with E-state index in [0.717, 1.165) is 18.4 Å². The highest BCUT2D eigenvalue weighted by molar-refractivity contribution is 5.38. The van der Waals surface area contributed by atoms with Gasteiger partial charge in [-0.2, -0.15) is 0 Å². The SMILES string of the molecule is CCC(CC)(CC(C)(C)O)c1ccccc1O. The molecule has 0 amide bonds. The average Bonchev–Trinajstić information content (AvgIpc) is 2.25. The third-order valence-electron chi connectivity index (χ3n) is 3.60. The van der Waals surface area contributed by atoms with Gasteiger partial charge in [-0.25, -0.2) is 0 Å². The average molecular weight is 236 g/mol. The van der Waals surface area contributed by atoms with Gasteiger partial charge in [-0.1, -0.05) is 32.0 Å². The van der Waals surface area contributed by atoms with E-state index in [1.54, 1.807) is 6.07 Å². The molecule has 0 saturated carbocycles. The molecule has 17 heavy (non-hydrogen) atoms. The monoisotopic (exact) mass is 236 g/mol. The Bertz CT molecular complexity index is 359. The number of hydrogen-bond donors (Lipinski definition) is 2. The molecular weight excluding hydrogens is 212 g/mol. The second-order valence-electron chi connectivity index (χ2n) is 5.49. The number of aromatic hydroxyl groups is 1. The molecule has 1 rings (SSSR count). The van der Waals surface area contributed by atoms with Crippen LogP contribution in [-0.4, -0.2) is 15.8 Å². The minimum absolute atomic E-state index is 0.149. The van der Waals surface area contributed by atoms with Crippen molar-refractivity contribution in [3.05, 3.63) is 29.8 Å². The molecule has 96 valence electrons. The highest BCUT2D eigenvalue weighted by Crippen LogP contribution is 2.42. The second-order valence-corrected chi connectivity index (χ2v) is 5.49. The van der Waals surface area contributed by atoms with Crippen LogP contribution in [0.3, 0.4) is 0 Å². The number of hydrogen-bond acceptors (Lipinski definition) is 2. The fourth-order valence-electron chi connectivity index (χ4n) is 2.73. The summed E-state index contributed by atoms with van der Waals surface area (Å²) in [6.07, 6.45) is 2.47. The Morgan fingerprint density at radius 1 is 1.06 bits per heavy atom. The van der Waals surface area contributed by atoms with Crippen molar-refractivity contribution in [2.24, 2.45) is 0 Å². The molecule has 0 heterocycles. The molecule has 1 aromatic rings. The topological polar surface area (TPSA) is 40.5 Å². The lowest BCUT2D eigenvalue weighted by atomic mass is 9.69. The number of aliphatic hydroxyl groups is 1. The lowest BCUT2D eigenvalue weighted by Crippen LogP contribution is -2.35. The molecule has 0 saturated heterocycles. The van der Waals surface area contributed by atoms with E-state index >= 15 is 0 Å². The summed E-state index contributed by atoms with van der Waals surface area (Å²) in [6, 6.07) is 7.46. The van der Waals surface area contributed by atoms with Crippen LogP contribution in [0.1, 0.15) is 52.5 Å². The van der Waals surface area contributed by atoms with Gasteiger partial charge in [0.1, 0.15) is 5.75 Å². The van der Waals surface area contributed by atoms with Gasteiger partial charge in [-0.05, 0) is 39.2 Å². The summed E-state index contributed by atoms with van der Waals surface area (Å²) < 4.78 is 0. The molecule has 2 nitrogen and oxygen atoms in total. The summed E-state index contributed by atoms with van der Waals surface area (Å²) in [5, 5.41) is 20.1. The minimum Gasteiger partial charge on any atom is -0.508 e. The minimum atomic E-state index is -0.728. The zero-order valence-electron chi connectivity index (χ0n) is 11.3. The van der Waals surface area contributed by atoms with Crippen molar-refractivity contribution in [2.45, 2.75) is 58.0 Å². The third kappa shape index (κ3) is 3.22. The maximum Gasteiger partial charge on any atom is 0.119 e. The summed E-state index contributed by atoms with van der Waals surface area (Å²) in [6.45, 7) is 7.88. The van der Waals surface area contributed by atoms with E-state index in [2.05, 4.69) is 13.8 Å². The summed E-state index contributed by atoms with van der Waals surface area (Å²) in [5.41, 5.74) is 0.0740. The molecule has 0 aromatic heterocycles. The highest BCUT2D eigenvalue weighted by atomic mass is 16.3. The van der Waals surface area contributed by atoms with Crippen molar-refractivity contribution in [1.82, 2.24) is 0 Å². The first kappa shape index (κ1) is 14.0. The van der Waals surface area contributed by atoms with Crippen LogP contribution >= 0.6 is 0 Å². The maximum atomic E-state index is 10.1. The molecule has 0 unspecified atom stereocenters. The van der Waals surface area contributed by atoms with Crippen LogP contribution in [0.4, 0.5) is 0 Å². The Morgan fingerprint density at radius 2 is 1.59 bits per heavy atom. The quantitative estimate of drug-likeness (QED) is 0.820. The van der Waals surface area contributed by atoms with Crippen LogP contribution in [-0.2, 0) is 5.41 Å². The largest absolute Gasteiger partial charge is 0.508 e. The summed E-state index contributed by atoms with van der Waals surface area (Å²) >= 11 is 0. The first-order valence-corrected chi connectivity index (χ1v) is 6.35. The van der Waals surface area contributed by atoms with E-state index in [9.17, 15) is 10.2 Å². The molecular formula is C15H24O2. The zero-order chi connectivity index (χ0) is 13.1. The van der Waals surface area contributed by atoms with Crippen molar-refractivity contribution in [3.63, 3.8) is 0 Å². The fourth-order valence-corrected chi connectivity index (χ4v) is 2.73. The maximum absolute atomic E-state index is 10.1. The molecule has 2 heteroatoms. The van der Waals surface area contributed by atoms with Gasteiger partial charge in [-0.3, -0.25) is 0 Å². The molecule has 0 fully saturated rings. The molecule has 0 atom stereocenters. The van der Waals surface area contributed by atoms with E-state index in [4.69, 9.17) is 0 Å². The van der Waals surface area contributed by atoms with Gasteiger partial charge < -0.3 is 10.2 Å².